The molecule has 102 valence electrons. The number of carbonyl (C=O) groups excluding carboxylic acids is 1. The molecule has 2 fully saturated rings. The number of fused-ring (bicyclic) bond motifs is 1. The Morgan fingerprint density at radius 1 is 1.37 bits per heavy atom. The minimum Gasteiger partial charge on any atom is -0.497 e. The number of carbonyl (C=O) groups is 1. The van der Waals surface area contributed by atoms with Gasteiger partial charge in [0.15, 0.2) is 9.84 Å². The third-order valence-corrected chi connectivity index (χ3v) is 5.07. The lowest BCUT2D eigenvalue weighted by Gasteiger charge is -2.19. The van der Waals surface area contributed by atoms with E-state index in [9.17, 15) is 13.2 Å². The van der Waals surface area contributed by atoms with Crippen LogP contribution in [0.4, 0.5) is 10.5 Å². The molecule has 2 saturated heterocycles. The number of hydrogen-bond acceptors (Lipinski definition) is 5. The van der Waals surface area contributed by atoms with E-state index in [1.165, 1.54) is 12.0 Å². The van der Waals surface area contributed by atoms with Crippen molar-refractivity contribution in [3.8, 4) is 5.75 Å². The Morgan fingerprint density at radius 2 is 2.16 bits per heavy atom. The van der Waals surface area contributed by atoms with Gasteiger partial charge in [0.1, 0.15) is 11.9 Å². The molecule has 0 aliphatic carbocycles. The molecule has 1 aromatic carbocycles. The Hall–Kier alpha value is -1.76. The van der Waals surface area contributed by atoms with Crippen LogP contribution in [0.1, 0.15) is 0 Å². The largest absolute Gasteiger partial charge is 0.497 e. The third-order valence-electron chi connectivity index (χ3n) is 3.38. The van der Waals surface area contributed by atoms with Gasteiger partial charge in [-0.2, -0.15) is 0 Å². The van der Waals surface area contributed by atoms with Crippen LogP contribution in [0.25, 0.3) is 0 Å². The Balaban J connectivity index is 1.97. The van der Waals surface area contributed by atoms with Crippen LogP contribution in [0.5, 0.6) is 5.75 Å². The first-order valence-electron chi connectivity index (χ1n) is 5.84. The summed E-state index contributed by atoms with van der Waals surface area (Å²) in [5, 5.41) is 0. The van der Waals surface area contributed by atoms with E-state index < -0.39 is 28.1 Å². The summed E-state index contributed by atoms with van der Waals surface area (Å²) >= 11 is 0. The van der Waals surface area contributed by atoms with Gasteiger partial charge in [0.05, 0.1) is 30.3 Å². The molecule has 3 rings (SSSR count). The SMILES string of the molecule is COc1cccc(N2C(=O)O[C@@H]3CS(=O)(=O)C[C@@H]32)c1. The zero-order valence-corrected chi connectivity index (χ0v) is 11.1. The Kier molecular flexibility index (Phi) is 2.67. The standard InChI is InChI=1S/C12H13NO5S/c1-17-9-4-2-3-8(5-9)13-10-6-19(15,16)7-11(10)18-12(13)14/h2-5,10-11H,6-7H2,1H3/t10-,11+/m0/s1. The summed E-state index contributed by atoms with van der Waals surface area (Å²) in [6.07, 6.45) is -1.07. The van der Waals surface area contributed by atoms with Crippen molar-refractivity contribution < 1.29 is 22.7 Å². The smallest absolute Gasteiger partial charge is 0.415 e. The second-order valence-corrected chi connectivity index (χ2v) is 6.79. The fraction of sp³-hybridized carbons (Fsp3) is 0.417. The number of benzene rings is 1. The molecule has 7 heteroatoms. The topological polar surface area (TPSA) is 72.9 Å². The van der Waals surface area contributed by atoms with Crippen LogP contribution in [-0.4, -0.2) is 45.3 Å². The molecule has 19 heavy (non-hydrogen) atoms. The van der Waals surface area contributed by atoms with Gasteiger partial charge in [-0.1, -0.05) is 6.07 Å². The lowest BCUT2D eigenvalue weighted by Crippen LogP contribution is -2.36. The molecule has 0 unspecified atom stereocenters. The van der Waals surface area contributed by atoms with E-state index in [2.05, 4.69) is 0 Å². The van der Waals surface area contributed by atoms with E-state index in [1.807, 2.05) is 0 Å². The average Bonchev–Trinajstić information content (AvgIpc) is 2.79. The number of hydrogen-bond donors (Lipinski definition) is 0. The van der Waals surface area contributed by atoms with Crippen molar-refractivity contribution in [1.29, 1.82) is 0 Å². The molecule has 0 saturated carbocycles. The van der Waals surface area contributed by atoms with Crippen molar-refractivity contribution in [2.24, 2.45) is 0 Å². The van der Waals surface area contributed by atoms with Crippen molar-refractivity contribution in [3.05, 3.63) is 24.3 Å². The van der Waals surface area contributed by atoms with Crippen LogP contribution in [-0.2, 0) is 14.6 Å². The maximum absolute atomic E-state index is 11.9. The van der Waals surface area contributed by atoms with E-state index in [0.29, 0.717) is 11.4 Å². The molecule has 2 aliphatic rings. The fourth-order valence-corrected chi connectivity index (χ4v) is 4.34. The van der Waals surface area contributed by atoms with E-state index >= 15 is 0 Å². The fourth-order valence-electron chi connectivity index (χ4n) is 2.53. The van der Waals surface area contributed by atoms with Crippen LogP contribution in [0.2, 0.25) is 0 Å². The van der Waals surface area contributed by atoms with E-state index in [4.69, 9.17) is 9.47 Å². The van der Waals surface area contributed by atoms with Crippen LogP contribution < -0.4 is 9.64 Å². The molecule has 0 bridgehead atoms. The third kappa shape index (κ3) is 2.03. The molecule has 1 aromatic rings. The first kappa shape index (κ1) is 12.3. The first-order valence-corrected chi connectivity index (χ1v) is 7.66. The lowest BCUT2D eigenvalue weighted by molar-refractivity contribution is 0.147. The second kappa shape index (κ2) is 4.12. The molecule has 6 nitrogen and oxygen atoms in total. The molecule has 0 radical (unpaired) electrons. The summed E-state index contributed by atoms with van der Waals surface area (Å²) in [4.78, 5) is 13.3. The molecule has 0 spiro atoms. The highest BCUT2D eigenvalue weighted by atomic mass is 32.2. The summed E-state index contributed by atoms with van der Waals surface area (Å²) in [5.41, 5.74) is 0.592. The quantitative estimate of drug-likeness (QED) is 0.803. The summed E-state index contributed by atoms with van der Waals surface area (Å²) in [7, 11) is -1.60. The van der Waals surface area contributed by atoms with Gasteiger partial charge < -0.3 is 9.47 Å². The normalized spacial score (nSPS) is 28.1. The molecule has 1 amide bonds. The summed E-state index contributed by atoms with van der Waals surface area (Å²) in [5.74, 6) is 0.458. The molecular formula is C12H13NO5S. The van der Waals surface area contributed by atoms with Gasteiger partial charge in [-0.15, -0.1) is 0 Å². The van der Waals surface area contributed by atoms with Gasteiger partial charge in [0.2, 0.25) is 0 Å². The van der Waals surface area contributed by atoms with Crippen molar-refractivity contribution in [2.45, 2.75) is 12.1 Å². The molecule has 2 atom stereocenters. The van der Waals surface area contributed by atoms with Crippen molar-refractivity contribution in [3.63, 3.8) is 0 Å². The Morgan fingerprint density at radius 3 is 2.89 bits per heavy atom. The van der Waals surface area contributed by atoms with Crippen LogP contribution >= 0.6 is 0 Å². The zero-order valence-electron chi connectivity index (χ0n) is 10.3. The van der Waals surface area contributed by atoms with Gasteiger partial charge in [0, 0.05) is 6.07 Å². The number of methoxy groups -OCH3 is 1. The molecule has 0 N–H and O–H groups in total. The maximum Gasteiger partial charge on any atom is 0.415 e. The van der Waals surface area contributed by atoms with Crippen molar-refractivity contribution in [1.82, 2.24) is 0 Å². The number of sulfone groups is 1. The zero-order chi connectivity index (χ0) is 13.6. The summed E-state index contributed by atoms with van der Waals surface area (Å²) < 4.78 is 33.4. The predicted octanol–water partition coefficient (Wildman–Crippen LogP) is 0.817. The Bertz CT molecular complexity index is 627. The highest BCUT2D eigenvalue weighted by Gasteiger charge is 2.51. The van der Waals surface area contributed by atoms with Gasteiger partial charge in [-0.05, 0) is 12.1 Å². The number of ether oxygens (including phenoxy) is 2. The van der Waals surface area contributed by atoms with Crippen molar-refractivity contribution >= 4 is 21.6 Å². The number of anilines is 1. The van der Waals surface area contributed by atoms with Gasteiger partial charge >= 0.3 is 6.09 Å². The van der Waals surface area contributed by atoms with E-state index in [-0.39, 0.29) is 11.5 Å². The van der Waals surface area contributed by atoms with Crippen LogP contribution in [0.15, 0.2) is 24.3 Å². The molecule has 0 aromatic heterocycles. The predicted molar refractivity (Wildman–Crippen MR) is 68.2 cm³/mol. The maximum atomic E-state index is 11.9. The minimum absolute atomic E-state index is 0.0549. The average molecular weight is 283 g/mol. The number of amides is 1. The number of nitrogens with zero attached hydrogens (tertiary/aromatic N) is 1. The number of rotatable bonds is 2. The van der Waals surface area contributed by atoms with Crippen LogP contribution in [0.3, 0.4) is 0 Å². The minimum atomic E-state index is -3.14. The lowest BCUT2D eigenvalue weighted by atomic mass is 10.2. The highest BCUT2D eigenvalue weighted by Crippen LogP contribution is 2.34. The molecule has 2 aliphatic heterocycles. The molecule has 2 heterocycles. The second-order valence-electron chi connectivity index (χ2n) is 4.64. The van der Waals surface area contributed by atoms with Crippen LogP contribution in [0, 0.1) is 0 Å². The first-order chi connectivity index (χ1) is 9.00. The van der Waals surface area contributed by atoms with Gasteiger partial charge in [0.25, 0.3) is 0 Å². The van der Waals surface area contributed by atoms with E-state index in [1.54, 1.807) is 24.3 Å². The molecular weight excluding hydrogens is 270 g/mol. The highest BCUT2D eigenvalue weighted by molar-refractivity contribution is 7.91. The van der Waals surface area contributed by atoms with Gasteiger partial charge in [-0.25, -0.2) is 13.2 Å². The monoisotopic (exact) mass is 283 g/mol. The Labute approximate surface area is 110 Å². The van der Waals surface area contributed by atoms with Gasteiger partial charge in [-0.3, -0.25) is 4.90 Å². The summed E-state index contributed by atoms with van der Waals surface area (Å²) in [6, 6.07) is 6.49. The van der Waals surface area contributed by atoms with Crippen molar-refractivity contribution in [2.75, 3.05) is 23.5 Å². The van der Waals surface area contributed by atoms with E-state index in [0.717, 1.165) is 0 Å². The summed E-state index contributed by atoms with van der Waals surface area (Å²) in [6.45, 7) is 0.